The van der Waals surface area contributed by atoms with Crippen molar-refractivity contribution >= 4 is 5.69 Å². The monoisotopic (exact) mass is 435 g/mol. The van der Waals surface area contributed by atoms with Crippen LogP contribution in [0.1, 0.15) is 18.4 Å². The van der Waals surface area contributed by atoms with Gasteiger partial charge in [-0.2, -0.15) is 15.0 Å². The average Bonchev–Trinajstić information content (AvgIpc) is 3.37. The Morgan fingerprint density at radius 1 is 0.844 bits per heavy atom. The van der Waals surface area contributed by atoms with Gasteiger partial charge in [0.05, 0.1) is 38.3 Å². The van der Waals surface area contributed by atoms with Crippen molar-refractivity contribution in [3.63, 3.8) is 0 Å². The highest BCUT2D eigenvalue weighted by Crippen LogP contribution is 2.28. The molecule has 1 aromatic heterocycles. The number of ether oxygens (including phenoxy) is 2. The van der Waals surface area contributed by atoms with E-state index in [1.165, 1.54) is 11.3 Å². The van der Waals surface area contributed by atoms with Gasteiger partial charge in [0.25, 0.3) is 0 Å². The molecule has 7 heteroatoms. The van der Waals surface area contributed by atoms with Crippen molar-refractivity contribution in [1.82, 2.24) is 19.9 Å². The van der Waals surface area contributed by atoms with Gasteiger partial charge in [-0.05, 0) is 55.6 Å². The van der Waals surface area contributed by atoms with Crippen LogP contribution in [0.4, 0.5) is 5.69 Å². The minimum atomic E-state index is 0.762. The summed E-state index contributed by atoms with van der Waals surface area (Å²) in [4.78, 5) is 6.69. The average molecular weight is 436 g/mol. The molecule has 0 unspecified atom stereocenters. The Morgan fingerprint density at radius 3 is 2.34 bits per heavy atom. The molecule has 3 aromatic rings. The SMILES string of the molecule is COc1ccccc1N1CCN(CCCCOc2ccc(CCn3nccn3)cc2)CC1. The molecule has 1 aliphatic heterocycles. The second-order valence-electron chi connectivity index (χ2n) is 8.08. The smallest absolute Gasteiger partial charge is 0.142 e. The zero-order valence-electron chi connectivity index (χ0n) is 18.9. The number of aryl methyl sites for hydroxylation is 2. The van der Waals surface area contributed by atoms with Crippen molar-refractivity contribution in [1.29, 1.82) is 0 Å². The third-order valence-corrected chi connectivity index (χ3v) is 5.93. The molecule has 1 fully saturated rings. The molecule has 0 atom stereocenters. The molecule has 0 N–H and O–H groups in total. The largest absolute Gasteiger partial charge is 0.495 e. The van der Waals surface area contributed by atoms with E-state index in [4.69, 9.17) is 9.47 Å². The van der Waals surface area contributed by atoms with E-state index in [2.05, 4.69) is 56.4 Å². The Hall–Kier alpha value is -3.06. The van der Waals surface area contributed by atoms with Crippen molar-refractivity contribution in [2.75, 3.05) is 51.3 Å². The summed E-state index contributed by atoms with van der Waals surface area (Å²) in [5.74, 6) is 1.90. The maximum Gasteiger partial charge on any atom is 0.142 e. The summed E-state index contributed by atoms with van der Waals surface area (Å²) in [7, 11) is 1.74. The zero-order valence-corrected chi connectivity index (χ0v) is 18.9. The van der Waals surface area contributed by atoms with Crippen LogP contribution in [0.25, 0.3) is 0 Å². The lowest BCUT2D eigenvalue weighted by molar-refractivity contribution is 0.238. The first kappa shape index (κ1) is 22.1. The summed E-state index contributed by atoms with van der Waals surface area (Å²) in [6.07, 6.45) is 6.56. The van der Waals surface area contributed by atoms with Gasteiger partial charge in [0.15, 0.2) is 0 Å². The highest BCUT2D eigenvalue weighted by Gasteiger charge is 2.19. The van der Waals surface area contributed by atoms with Gasteiger partial charge < -0.3 is 14.4 Å². The van der Waals surface area contributed by atoms with E-state index in [1.54, 1.807) is 24.3 Å². The van der Waals surface area contributed by atoms with Gasteiger partial charge in [-0.25, -0.2) is 0 Å². The van der Waals surface area contributed by atoms with Crippen LogP contribution >= 0.6 is 0 Å². The van der Waals surface area contributed by atoms with Gasteiger partial charge in [-0.1, -0.05) is 24.3 Å². The first-order valence-electron chi connectivity index (χ1n) is 11.5. The molecule has 0 bridgehead atoms. The van der Waals surface area contributed by atoms with E-state index in [0.717, 1.165) is 76.6 Å². The number of methoxy groups -OCH3 is 1. The molecule has 170 valence electrons. The number of para-hydroxylation sites is 2. The molecule has 0 aliphatic carbocycles. The lowest BCUT2D eigenvalue weighted by Crippen LogP contribution is -2.46. The highest BCUT2D eigenvalue weighted by atomic mass is 16.5. The normalized spacial score (nSPS) is 14.5. The van der Waals surface area contributed by atoms with Gasteiger partial charge in [-0.3, -0.25) is 4.90 Å². The van der Waals surface area contributed by atoms with Crippen LogP contribution in [0, 0.1) is 0 Å². The van der Waals surface area contributed by atoms with E-state index in [0.29, 0.717) is 0 Å². The number of unbranched alkanes of at least 4 members (excludes halogenated alkanes) is 1. The molecular weight excluding hydrogens is 402 g/mol. The maximum atomic E-state index is 5.93. The molecule has 2 aromatic carbocycles. The molecule has 0 spiro atoms. The van der Waals surface area contributed by atoms with Crippen molar-refractivity contribution in [3.05, 3.63) is 66.5 Å². The van der Waals surface area contributed by atoms with E-state index < -0.39 is 0 Å². The molecule has 32 heavy (non-hydrogen) atoms. The minimum absolute atomic E-state index is 0.762. The summed E-state index contributed by atoms with van der Waals surface area (Å²) in [5, 5.41) is 8.27. The predicted octanol–water partition coefficient (Wildman–Crippen LogP) is 3.51. The maximum absolute atomic E-state index is 5.93. The molecule has 1 saturated heterocycles. The molecule has 0 amide bonds. The molecule has 1 aliphatic rings. The minimum Gasteiger partial charge on any atom is -0.495 e. The standard InChI is InChI=1S/C25H33N5O2/c1-31-25-7-3-2-6-24(25)29-19-17-28(18-20-29)15-4-5-21-32-23-10-8-22(9-11-23)12-16-30-26-13-14-27-30/h2-3,6-11,13-14H,4-5,12,15-21H2,1H3. The van der Waals surface area contributed by atoms with Gasteiger partial charge >= 0.3 is 0 Å². The Morgan fingerprint density at radius 2 is 1.59 bits per heavy atom. The van der Waals surface area contributed by atoms with Crippen LogP contribution < -0.4 is 14.4 Å². The molecular formula is C25H33N5O2. The van der Waals surface area contributed by atoms with Crippen molar-refractivity contribution in [2.45, 2.75) is 25.8 Å². The lowest BCUT2D eigenvalue weighted by Gasteiger charge is -2.36. The van der Waals surface area contributed by atoms with Gasteiger partial charge in [-0.15, -0.1) is 0 Å². The molecule has 0 radical (unpaired) electrons. The number of rotatable bonds is 11. The second kappa shape index (κ2) is 11.5. The fourth-order valence-electron chi connectivity index (χ4n) is 4.07. The molecule has 4 rings (SSSR count). The van der Waals surface area contributed by atoms with Crippen molar-refractivity contribution in [2.24, 2.45) is 0 Å². The van der Waals surface area contributed by atoms with Gasteiger partial charge in [0.2, 0.25) is 0 Å². The van der Waals surface area contributed by atoms with Gasteiger partial charge in [0, 0.05) is 26.2 Å². The van der Waals surface area contributed by atoms with E-state index in [-0.39, 0.29) is 0 Å². The first-order valence-corrected chi connectivity index (χ1v) is 11.5. The fraction of sp³-hybridized carbons (Fsp3) is 0.440. The topological polar surface area (TPSA) is 55.7 Å². The summed E-state index contributed by atoms with van der Waals surface area (Å²) in [6.45, 7) is 6.95. The van der Waals surface area contributed by atoms with Gasteiger partial charge in [0.1, 0.15) is 11.5 Å². The number of hydrogen-bond acceptors (Lipinski definition) is 6. The van der Waals surface area contributed by atoms with Crippen molar-refractivity contribution < 1.29 is 9.47 Å². The number of piperazine rings is 1. The van der Waals surface area contributed by atoms with E-state index >= 15 is 0 Å². The highest BCUT2D eigenvalue weighted by molar-refractivity contribution is 5.58. The predicted molar refractivity (Wildman–Crippen MR) is 127 cm³/mol. The first-order chi connectivity index (χ1) is 15.8. The number of anilines is 1. The number of benzene rings is 2. The Kier molecular flexibility index (Phi) is 7.98. The quantitative estimate of drug-likeness (QED) is 0.430. The van der Waals surface area contributed by atoms with Crippen molar-refractivity contribution in [3.8, 4) is 11.5 Å². The van der Waals surface area contributed by atoms with Crippen LogP contribution in [0.3, 0.4) is 0 Å². The fourth-order valence-corrected chi connectivity index (χ4v) is 4.07. The number of nitrogens with zero attached hydrogens (tertiary/aromatic N) is 5. The third-order valence-electron chi connectivity index (χ3n) is 5.93. The second-order valence-corrected chi connectivity index (χ2v) is 8.08. The van der Waals surface area contributed by atoms with E-state index in [1.807, 2.05) is 12.1 Å². The summed E-state index contributed by atoms with van der Waals surface area (Å²) < 4.78 is 11.4. The van der Waals surface area contributed by atoms with Crippen LogP contribution in [-0.2, 0) is 13.0 Å². The molecule has 0 saturated carbocycles. The Labute approximate surface area is 190 Å². The zero-order chi connectivity index (χ0) is 22.0. The lowest BCUT2D eigenvalue weighted by atomic mass is 10.1. The Balaban J connectivity index is 1.09. The summed E-state index contributed by atoms with van der Waals surface area (Å²) in [6, 6.07) is 16.7. The van der Waals surface area contributed by atoms with E-state index in [9.17, 15) is 0 Å². The number of hydrogen-bond donors (Lipinski definition) is 0. The number of aromatic nitrogens is 3. The third kappa shape index (κ3) is 6.23. The molecule has 2 heterocycles. The molecule has 7 nitrogen and oxygen atoms in total. The summed E-state index contributed by atoms with van der Waals surface area (Å²) in [5.41, 5.74) is 2.47. The van der Waals surface area contributed by atoms with Crippen LogP contribution in [-0.4, -0.2) is 66.3 Å². The Bertz CT molecular complexity index is 922. The van der Waals surface area contributed by atoms with Crippen LogP contribution in [0.15, 0.2) is 60.9 Å². The summed E-state index contributed by atoms with van der Waals surface area (Å²) >= 11 is 0. The van der Waals surface area contributed by atoms with Crippen LogP contribution in [0.5, 0.6) is 11.5 Å². The van der Waals surface area contributed by atoms with Crippen LogP contribution in [0.2, 0.25) is 0 Å².